The number of phosphoric acid groups is 1. The average molecular weight is 793 g/mol. The van der Waals surface area contributed by atoms with E-state index in [1.165, 1.54) is 116 Å². The Labute approximate surface area is 337 Å². The molecule has 8 nitrogen and oxygen atoms in total. The highest BCUT2D eigenvalue weighted by atomic mass is 31.2. The largest absolute Gasteiger partial charge is 0.469 e. The van der Waals surface area contributed by atoms with Crippen molar-refractivity contribution in [2.45, 2.75) is 206 Å². The van der Waals surface area contributed by atoms with Crippen LogP contribution in [0.5, 0.6) is 0 Å². The number of hydrogen-bond donors (Lipinski definition) is 2. The number of phosphoric ester groups is 1. The van der Waals surface area contributed by atoms with Gasteiger partial charge in [0.15, 0.2) is 6.10 Å². The van der Waals surface area contributed by atoms with Crippen LogP contribution in [0.1, 0.15) is 200 Å². The Morgan fingerprint density at radius 2 is 0.855 bits per heavy atom. The van der Waals surface area contributed by atoms with Gasteiger partial charge >= 0.3 is 19.8 Å². The summed E-state index contributed by atoms with van der Waals surface area (Å²) in [5.41, 5.74) is 0. The van der Waals surface area contributed by atoms with Crippen molar-refractivity contribution >= 4 is 19.8 Å². The molecule has 0 aromatic carbocycles. The van der Waals surface area contributed by atoms with E-state index in [9.17, 15) is 14.2 Å². The van der Waals surface area contributed by atoms with Gasteiger partial charge in [-0.1, -0.05) is 197 Å². The molecule has 0 aromatic heterocycles. The highest BCUT2D eigenvalue weighted by molar-refractivity contribution is 7.46. The number of rotatable bonds is 40. The van der Waals surface area contributed by atoms with Gasteiger partial charge in [-0.3, -0.25) is 14.1 Å². The van der Waals surface area contributed by atoms with E-state index in [0.29, 0.717) is 12.8 Å². The molecule has 0 heterocycles. The number of allylic oxidation sites excluding steroid dienone is 10. The van der Waals surface area contributed by atoms with Crippen molar-refractivity contribution in [3.63, 3.8) is 0 Å². The van der Waals surface area contributed by atoms with Crippen molar-refractivity contribution in [2.24, 2.45) is 0 Å². The Balaban J connectivity index is 4.00. The normalized spacial score (nSPS) is 13.0. The summed E-state index contributed by atoms with van der Waals surface area (Å²) in [7, 11) is -4.77. The molecule has 0 saturated carbocycles. The molecule has 0 aliphatic rings. The topological polar surface area (TPSA) is 119 Å². The maximum atomic E-state index is 12.4. The molecule has 0 radical (unpaired) electrons. The lowest BCUT2D eigenvalue weighted by Gasteiger charge is -2.18. The van der Waals surface area contributed by atoms with E-state index in [2.05, 4.69) is 67.0 Å². The van der Waals surface area contributed by atoms with Crippen molar-refractivity contribution in [1.29, 1.82) is 0 Å². The third-order valence-corrected chi connectivity index (χ3v) is 9.79. The highest BCUT2D eigenvalue weighted by Gasteiger charge is 2.22. The SMILES string of the molecule is CCCCC/C=C/C/C=C/C/C=C/C/C=C/C/C=C/CCC(=O)OC[C@H](COP(=O)(O)O)OC(=O)CCCCCCCCCCCCCCCCCCCC. The average Bonchev–Trinajstić information content (AvgIpc) is 3.16. The van der Waals surface area contributed by atoms with Crippen molar-refractivity contribution in [2.75, 3.05) is 13.2 Å². The predicted octanol–water partition coefficient (Wildman–Crippen LogP) is 13.7. The van der Waals surface area contributed by atoms with E-state index < -0.39 is 32.5 Å². The number of unbranched alkanes of at least 4 members (excludes halogenated alkanes) is 20. The predicted molar refractivity (Wildman–Crippen MR) is 230 cm³/mol. The number of hydrogen-bond acceptors (Lipinski definition) is 6. The first-order chi connectivity index (χ1) is 26.8. The first-order valence-electron chi connectivity index (χ1n) is 22.1. The summed E-state index contributed by atoms with van der Waals surface area (Å²) in [4.78, 5) is 42.9. The lowest BCUT2D eigenvalue weighted by Crippen LogP contribution is -2.29. The van der Waals surface area contributed by atoms with Crippen LogP contribution in [0, 0.1) is 0 Å². The van der Waals surface area contributed by atoms with Gasteiger partial charge in [0.1, 0.15) is 6.61 Å². The first-order valence-corrected chi connectivity index (χ1v) is 23.6. The fourth-order valence-corrected chi connectivity index (χ4v) is 6.36. The van der Waals surface area contributed by atoms with Crippen LogP contribution in [-0.2, 0) is 28.2 Å². The smallest absolute Gasteiger partial charge is 0.462 e. The van der Waals surface area contributed by atoms with Crippen LogP contribution >= 0.6 is 7.82 Å². The maximum absolute atomic E-state index is 12.4. The Kier molecular flexibility index (Phi) is 39.7. The standard InChI is InChI=1S/C46H81O8P/c1-3-5-7-9-11-13-15-17-19-21-23-25-26-28-30-32-34-36-38-40-45(47)52-42-44(43-53-55(49,50)51)54-46(48)41-39-37-35-33-31-29-27-24-22-20-18-16-14-12-10-8-6-4-2/h11,13,17,19,23,25,28,30,34,36,44H,3-10,12,14-16,18,20-22,24,26-27,29,31-33,35,37-43H2,1-2H3,(H2,49,50,51)/b13-11+,19-17+,25-23+,30-28+,36-34+/t44-/m1/s1. The van der Waals surface area contributed by atoms with Gasteiger partial charge < -0.3 is 19.3 Å². The zero-order valence-corrected chi connectivity index (χ0v) is 36.0. The molecular weight excluding hydrogens is 711 g/mol. The molecular formula is C46H81O8P. The van der Waals surface area contributed by atoms with E-state index >= 15 is 0 Å². The number of carbonyl (C=O) groups is 2. The van der Waals surface area contributed by atoms with Crippen LogP contribution in [0.25, 0.3) is 0 Å². The Bertz CT molecular complexity index is 1070. The summed E-state index contributed by atoms with van der Waals surface area (Å²) < 4.78 is 26.3. The third-order valence-electron chi connectivity index (χ3n) is 9.30. The van der Waals surface area contributed by atoms with Gasteiger partial charge in [-0.25, -0.2) is 4.57 Å². The number of esters is 2. The van der Waals surface area contributed by atoms with Crippen LogP contribution in [0.3, 0.4) is 0 Å². The van der Waals surface area contributed by atoms with E-state index in [0.717, 1.165) is 44.9 Å². The summed E-state index contributed by atoms with van der Waals surface area (Å²) in [5.74, 6) is -0.977. The minimum Gasteiger partial charge on any atom is -0.462 e. The molecule has 0 aliphatic carbocycles. The zero-order valence-electron chi connectivity index (χ0n) is 35.1. The molecule has 0 aromatic rings. The van der Waals surface area contributed by atoms with Gasteiger partial charge in [0, 0.05) is 12.8 Å². The van der Waals surface area contributed by atoms with Crippen LogP contribution in [0.2, 0.25) is 0 Å². The van der Waals surface area contributed by atoms with Crippen LogP contribution in [0.15, 0.2) is 60.8 Å². The summed E-state index contributed by atoms with van der Waals surface area (Å²) >= 11 is 0. The molecule has 0 saturated heterocycles. The van der Waals surface area contributed by atoms with Gasteiger partial charge in [-0.15, -0.1) is 0 Å². The summed E-state index contributed by atoms with van der Waals surface area (Å²) in [6.45, 7) is 3.61. The Morgan fingerprint density at radius 3 is 1.29 bits per heavy atom. The van der Waals surface area contributed by atoms with Crippen LogP contribution in [0.4, 0.5) is 0 Å². The zero-order chi connectivity index (χ0) is 40.3. The van der Waals surface area contributed by atoms with Crippen molar-refractivity contribution in [1.82, 2.24) is 0 Å². The molecule has 2 N–H and O–H groups in total. The monoisotopic (exact) mass is 793 g/mol. The van der Waals surface area contributed by atoms with E-state index in [-0.39, 0.29) is 19.4 Å². The molecule has 0 aliphatic heterocycles. The lowest BCUT2D eigenvalue weighted by molar-refractivity contribution is -0.161. The lowest BCUT2D eigenvalue weighted by atomic mass is 10.0. The fraction of sp³-hybridized carbons (Fsp3) is 0.739. The maximum Gasteiger partial charge on any atom is 0.469 e. The Hall–Kier alpha value is -2.25. The molecule has 55 heavy (non-hydrogen) atoms. The second-order valence-corrected chi connectivity index (χ2v) is 15.9. The molecule has 1 atom stereocenters. The van der Waals surface area contributed by atoms with Crippen LogP contribution < -0.4 is 0 Å². The summed E-state index contributed by atoms with van der Waals surface area (Å²) in [6, 6.07) is 0. The van der Waals surface area contributed by atoms with E-state index in [4.69, 9.17) is 19.3 Å². The molecule has 0 amide bonds. The molecule has 9 heteroatoms. The quantitative estimate of drug-likeness (QED) is 0.0272. The van der Waals surface area contributed by atoms with E-state index in [1.807, 2.05) is 12.2 Å². The van der Waals surface area contributed by atoms with Crippen molar-refractivity contribution in [3.05, 3.63) is 60.8 Å². The van der Waals surface area contributed by atoms with Gasteiger partial charge in [-0.05, 0) is 51.4 Å². The third kappa shape index (κ3) is 44.3. The fourth-order valence-electron chi connectivity index (χ4n) is 6.00. The van der Waals surface area contributed by atoms with E-state index in [1.54, 1.807) is 0 Å². The molecule has 0 spiro atoms. The van der Waals surface area contributed by atoms with Gasteiger partial charge in [0.25, 0.3) is 0 Å². The molecule has 0 fully saturated rings. The second kappa shape index (κ2) is 41.4. The molecule has 318 valence electrons. The number of ether oxygens (including phenoxy) is 2. The first kappa shape index (κ1) is 52.8. The van der Waals surface area contributed by atoms with Crippen LogP contribution in [-0.4, -0.2) is 41.0 Å². The Morgan fingerprint density at radius 1 is 0.473 bits per heavy atom. The van der Waals surface area contributed by atoms with Gasteiger partial charge in [-0.2, -0.15) is 0 Å². The van der Waals surface area contributed by atoms with Crippen molar-refractivity contribution < 1.29 is 37.9 Å². The minimum atomic E-state index is -4.77. The molecule has 0 bridgehead atoms. The summed E-state index contributed by atoms with van der Waals surface area (Å²) in [6.07, 6.45) is 52.4. The minimum absolute atomic E-state index is 0.143. The second-order valence-electron chi connectivity index (χ2n) is 14.7. The molecule has 0 rings (SSSR count). The van der Waals surface area contributed by atoms with Crippen molar-refractivity contribution in [3.8, 4) is 0 Å². The number of carbonyl (C=O) groups excluding carboxylic acids is 2. The molecule has 0 unspecified atom stereocenters. The van der Waals surface area contributed by atoms with Gasteiger partial charge in [0.05, 0.1) is 6.61 Å². The highest BCUT2D eigenvalue weighted by Crippen LogP contribution is 2.36. The van der Waals surface area contributed by atoms with Gasteiger partial charge in [0.2, 0.25) is 0 Å². The summed E-state index contributed by atoms with van der Waals surface area (Å²) in [5, 5.41) is 0.